The second-order valence-electron chi connectivity index (χ2n) is 6.63. The summed E-state index contributed by atoms with van der Waals surface area (Å²) in [5.74, 6) is 0.889. The molecule has 0 bridgehead atoms. The molecule has 0 aliphatic heterocycles. The number of fused-ring (bicyclic) bond motifs is 1. The van der Waals surface area contributed by atoms with Gasteiger partial charge in [0.1, 0.15) is 16.8 Å². The molecule has 9 heteroatoms. The number of rotatable bonds is 6. The Bertz CT molecular complexity index is 1250. The normalized spacial score (nSPS) is 12.1. The van der Waals surface area contributed by atoms with Crippen molar-refractivity contribution in [3.63, 3.8) is 0 Å². The van der Waals surface area contributed by atoms with E-state index in [0.717, 1.165) is 10.4 Å². The van der Waals surface area contributed by atoms with Crippen LogP contribution in [0, 0.1) is 0 Å². The van der Waals surface area contributed by atoms with Crippen molar-refractivity contribution in [2.24, 2.45) is 0 Å². The molecule has 0 amide bonds. The Morgan fingerprint density at radius 3 is 2.63 bits per heavy atom. The number of aliphatic hydroxyl groups is 1. The maximum Gasteiger partial charge on any atom is 0.292 e. The van der Waals surface area contributed by atoms with E-state index in [1.54, 1.807) is 37.3 Å². The Kier molecular flexibility index (Phi) is 5.72. The SMILES string of the molecule is COc1cc(-n2nnc3cc(-c4ccc(Cl)cc4)sc3c2=O)ccc1OCC(C)O. The second kappa shape index (κ2) is 8.43. The minimum absolute atomic E-state index is 0.129. The summed E-state index contributed by atoms with van der Waals surface area (Å²) in [5.41, 5.74) is 1.71. The molecule has 0 fully saturated rings. The summed E-state index contributed by atoms with van der Waals surface area (Å²) in [4.78, 5) is 14.0. The van der Waals surface area contributed by atoms with E-state index in [2.05, 4.69) is 10.3 Å². The summed E-state index contributed by atoms with van der Waals surface area (Å²) >= 11 is 7.31. The van der Waals surface area contributed by atoms with Crippen LogP contribution in [0.2, 0.25) is 5.02 Å². The number of hydrogen-bond donors (Lipinski definition) is 1. The maximum atomic E-state index is 13.1. The number of ether oxygens (including phenoxy) is 2. The van der Waals surface area contributed by atoms with Crippen LogP contribution in [0.1, 0.15) is 6.92 Å². The lowest BCUT2D eigenvalue weighted by Crippen LogP contribution is -2.21. The lowest BCUT2D eigenvalue weighted by Gasteiger charge is -2.13. The zero-order chi connectivity index (χ0) is 21.3. The largest absolute Gasteiger partial charge is 0.493 e. The highest BCUT2D eigenvalue weighted by Crippen LogP contribution is 2.32. The number of nitrogens with zero attached hydrogens (tertiary/aromatic N) is 3. The van der Waals surface area contributed by atoms with Crippen LogP contribution < -0.4 is 15.0 Å². The number of halogens is 1. The molecule has 0 aliphatic carbocycles. The number of aromatic nitrogens is 3. The van der Waals surface area contributed by atoms with E-state index in [4.69, 9.17) is 21.1 Å². The third-order valence-electron chi connectivity index (χ3n) is 4.34. The summed E-state index contributed by atoms with van der Waals surface area (Å²) in [7, 11) is 1.50. The van der Waals surface area contributed by atoms with Gasteiger partial charge in [-0.15, -0.1) is 16.4 Å². The van der Waals surface area contributed by atoms with Crippen molar-refractivity contribution >= 4 is 33.2 Å². The van der Waals surface area contributed by atoms with Crippen LogP contribution in [0.4, 0.5) is 0 Å². The van der Waals surface area contributed by atoms with Gasteiger partial charge in [0.05, 0.1) is 18.9 Å². The standard InChI is InChI=1S/C21H18ClN3O4S/c1-12(26)11-29-17-8-7-15(9-18(17)28-2)25-21(27)20-16(23-24-25)10-19(30-20)13-3-5-14(22)6-4-13/h3-10,12,26H,11H2,1-2H3. The first kappa shape index (κ1) is 20.3. The van der Waals surface area contributed by atoms with Crippen molar-refractivity contribution < 1.29 is 14.6 Å². The second-order valence-corrected chi connectivity index (χ2v) is 8.12. The zero-order valence-electron chi connectivity index (χ0n) is 16.2. The van der Waals surface area contributed by atoms with Gasteiger partial charge in [-0.1, -0.05) is 28.9 Å². The van der Waals surface area contributed by atoms with E-state index in [9.17, 15) is 9.90 Å². The Balaban J connectivity index is 1.73. The molecule has 2 aromatic heterocycles. The molecule has 0 saturated heterocycles. The molecule has 2 heterocycles. The highest BCUT2D eigenvalue weighted by molar-refractivity contribution is 7.22. The van der Waals surface area contributed by atoms with Gasteiger partial charge >= 0.3 is 0 Å². The number of hydrogen-bond acceptors (Lipinski definition) is 7. The Morgan fingerprint density at radius 2 is 1.93 bits per heavy atom. The Labute approximate surface area is 181 Å². The first-order valence-electron chi connectivity index (χ1n) is 9.11. The first-order valence-corrected chi connectivity index (χ1v) is 10.3. The average Bonchev–Trinajstić information content (AvgIpc) is 3.18. The molecular weight excluding hydrogens is 426 g/mol. The Hall–Kier alpha value is -2.94. The number of thiophene rings is 1. The van der Waals surface area contributed by atoms with E-state index in [1.807, 2.05) is 18.2 Å². The van der Waals surface area contributed by atoms with Crippen molar-refractivity contribution in [2.75, 3.05) is 13.7 Å². The van der Waals surface area contributed by atoms with Gasteiger partial charge in [0, 0.05) is 16.0 Å². The predicted octanol–water partition coefficient (Wildman–Crippen LogP) is 3.93. The molecular formula is C21H18ClN3O4S. The summed E-state index contributed by atoms with van der Waals surface area (Å²) in [6, 6.07) is 14.3. The van der Waals surface area contributed by atoms with Gasteiger partial charge in [0.2, 0.25) is 0 Å². The summed E-state index contributed by atoms with van der Waals surface area (Å²) in [6.07, 6.45) is -0.612. The smallest absolute Gasteiger partial charge is 0.292 e. The molecule has 2 aromatic carbocycles. The van der Waals surface area contributed by atoms with E-state index < -0.39 is 6.10 Å². The highest BCUT2D eigenvalue weighted by Gasteiger charge is 2.15. The summed E-state index contributed by atoms with van der Waals surface area (Å²) in [6.45, 7) is 1.76. The monoisotopic (exact) mass is 443 g/mol. The molecule has 1 unspecified atom stereocenters. The predicted molar refractivity (Wildman–Crippen MR) is 117 cm³/mol. The molecule has 4 rings (SSSR count). The van der Waals surface area contributed by atoms with E-state index in [0.29, 0.717) is 32.4 Å². The van der Waals surface area contributed by atoms with Crippen LogP contribution in [-0.2, 0) is 0 Å². The van der Waals surface area contributed by atoms with Crippen molar-refractivity contribution in [1.29, 1.82) is 0 Å². The quantitative estimate of drug-likeness (QED) is 0.486. The van der Waals surface area contributed by atoms with Gasteiger partial charge in [-0.25, -0.2) is 0 Å². The van der Waals surface area contributed by atoms with Gasteiger partial charge in [-0.2, -0.15) is 4.68 Å². The lowest BCUT2D eigenvalue weighted by atomic mass is 10.2. The van der Waals surface area contributed by atoms with Crippen molar-refractivity contribution in [3.05, 3.63) is 63.9 Å². The lowest BCUT2D eigenvalue weighted by molar-refractivity contribution is 0.120. The molecule has 30 heavy (non-hydrogen) atoms. The third kappa shape index (κ3) is 4.02. The molecule has 0 spiro atoms. The molecule has 4 aromatic rings. The fraction of sp³-hybridized carbons (Fsp3) is 0.190. The van der Waals surface area contributed by atoms with Crippen LogP contribution in [-0.4, -0.2) is 39.9 Å². The highest BCUT2D eigenvalue weighted by atomic mass is 35.5. The minimum atomic E-state index is -0.612. The van der Waals surface area contributed by atoms with E-state index in [1.165, 1.54) is 23.1 Å². The van der Waals surface area contributed by atoms with Crippen LogP contribution in [0.3, 0.4) is 0 Å². The maximum absolute atomic E-state index is 13.1. The van der Waals surface area contributed by atoms with Crippen molar-refractivity contribution in [2.45, 2.75) is 13.0 Å². The first-order chi connectivity index (χ1) is 14.5. The van der Waals surface area contributed by atoms with Crippen LogP contribution in [0.15, 0.2) is 53.3 Å². The van der Waals surface area contributed by atoms with Gasteiger partial charge in [-0.3, -0.25) is 4.79 Å². The molecule has 0 saturated carbocycles. The van der Waals surface area contributed by atoms with Gasteiger partial charge < -0.3 is 14.6 Å². The van der Waals surface area contributed by atoms with E-state index in [-0.39, 0.29) is 12.2 Å². The van der Waals surface area contributed by atoms with Crippen molar-refractivity contribution in [1.82, 2.24) is 15.0 Å². The molecule has 154 valence electrons. The van der Waals surface area contributed by atoms with Crippen molar-refractivity contribution in [3.8, 4) is 27.6 Å². The Morgan fingerprint density at radius 1 is 1.17 bits per heavy atom. The third-order valence-corrected chi connectivity index (χ3v) is 5.75. The molecule has 7 nitrogen and oxygen atoms in total. The number of aliphatic hydroxyl groups excluding tert-OH is 1. The molecule has 1 atom stereocenters. The molecule has 1 N–H and O–H groups in total. The van der Waals surface area contributed by atoms with Crippen LogP contribution in [0.5, 0.6) is 11.5 Å². The number of methoxy groups -OCH3 is 1. The topological polar surface area (TPSA) is 86.5 Å². The van der Waals surface area contributed by atoms with Crippen LogP contribution >= 0.6 is 22.9 Å². The van der Waals surface area contributed by atoms with E-state index >= 15 is 0 Å². The number of benzene rings is 2. The molecule has 0 radical (unpaired) electrons. The van der Waals surface area contributed by atoms with Gasteiger partial charge in [0.15, 0.2) is 11.5 Å². The average molecular weight is 444 g/mol. The summed E-state index contributed by atoms with van der Waals surface area (Å²) in [5, 5.41) is 18.4. The molecule has 0 aliphatic rings. The summed E-state index contributed by atoms with van der Waals surface area (Å²) < 4.78 is 12.6. The fourth-order valence-corrected chi connectivity index (χ4v) is 4.03. The zero-order valence-corrected chi connectivity index (χ0v) is 17.8. The fourth-order valence-electron chi connectivity index (χ4n) is 2.88. The minimum Gasteiger partial charge on any atom is -0.493 e. The van der Waals surface area contributed by atoms with Crippen LogP contribution in [0.25, 0.3) is 26.3 Å². The van der Waals surface area contributed by atoms with Gasteiger partial charge in [0.25, 0.3) is 5.56 Å². The van der Waals surface area contributed by atoms with Gasteiger partial charge in [-0.05, 0) is 42.8 Å².